The number of aromatic amines is 1. The first kappa shape index (κ1) is 22.9. The summed E-state index contributed by atoms with van der Waals surface area (Å²) in [5.74, 6) is 2.44. The number of benzene rings is 3. The van der Waals surface area contributed by atoms with E-state index in [0.29, 0.717) is 45.1 Å². The highest BCUT2D eigenvalue weighted by Crippen LogP contribution is 2.30. The minimum Gasteiger partial charge on any atom is -0.497 e. The lowest BCUT2D eigenvalue weighted by Crippen LogP contribution is -2.35. The Labute approximate surface area is 204 Å². The zero-order valence-electron chi connectivity index (χ0n) is 19.8. The van der Waals surface area contributed by atoms with Crippen LogP contribution in [-0.4, -0.2) is 41.0 Å². The van der Waals surface area contributed by atoms with Crippen molar-refractivity contribution >= 4 is 10.9 Å². The van der Waals surface area contributed by atoms with Gasteiger partial charge in [0.15, 0.2) is 0 Å². The molecule has 0 bridgehead atoms. The molecule has 0 aliphatic heterocycles. The SMILES string of the molecule is COc1ccc(Cn2c(=O)[nH]c3cc(-c4nc(-c5cc(OC)cc(OC)c5)no4)ccc3c2=O)cc1. The van der Waals surface area contributed by atoms with Crippen molar-refractivity contribution in [1.29, 1.82) is 0 Å². The molecule has 2 aromatic heterocycles. The smallest absolute Gasteiger partial charge is 0.329 e. The zero-order chi connectivity index (χ0) is 25.2. The molecule has 2 heterocycles. The summed E-state index contributed by atoms with van der Waals surface area (Å²) in [6.07, 6.45) is 0. The topological polar surface area (TPSA) is 121 Å². The van der Waals surface area contributed by atoms with Crippen LogP contribution in [0.2, 0.25) is 0 Å². The first-order valence-corrected chi connectivity index (χ1v) is 11.0. The summed E-state index contributed by atoms with van der Waals surface area (Å²) in [4.78, 5) is 33.1. The summed E-state index contributed by atoms with van der Waals surface area (Å²) in [7, 11) is 4.69. The van der Waals surface area contributed by atoms with Gasteiger partial charge in [0.05, 0.1) is 38.8 Å². The minimum atomic E-state index is -0.518. The number of aromatic nitrogens is 4. The maximum absolute atomic E-state index is 13.1. The zero-order valence-corrected chi connectivity index (χ0v) is 19.8. The second kappa shape index (κ2) is 9.41. The third-order valence-electron chi connectivity index (χ3n) is 5.76. The molecule has 0 aliphatic carbocycles. The van der Waals surface area contributed by atoms with Crippen LogP contribution in [0.3, 0.4) is 0 Å². The highest BCUT2D eigenvalue weighted by Gasteiger charge is 2.15. The molecular formula is C26H22N4O6. The van der Waals surface area contributed by atoms with E-state index in [9.17, 15) is 9.59 Å². The first-order valence-electron chi connectivity index (χ1n) is 11.0. The Morgan fingerprint density at radius 2 is 1.53 bits per heavy atom. The Bertz CT molecular complexity index is 1640. The maximum atomic E-state index is 13.1. The van der Waals surface area contributed by atoms with Crippen LogP contribution in [-0.2, 0) is 6.54 Å². The van der Waals surface area contributed by atoms with Gasteiger partial charge in [0.1, 0.15) is 17.2 Å². The van der Waals surface area contributed by atoms with Crippen LogP contribution in [0, 0.1) is 0 Å². The van der Waals surface area contributed by atoms with Gasteiger partial charge >= 0.3 is 5.69 Å². The number of hydrogen-bond donors (Lipinski definition) is 1. The third kappa shape index (κ3) is 4.31. The molecule has 5 aromatic rings. The van der Waals surface area contributed by atoms with Crippen molar-refractivity contribution in [2.75, 3.05) is 21.3 Å². The van der Waals surface area contributed by atoms with Gasteiger partial charge in [-0.3, -0.25) is 9.36 Å². The fraction of sp³-hybridized carbons (Fsp3) is 0.154. The summed E-state index contributed by atoms with van der Waals surface area (Å²) in [5, 5.41) is 4.42. The predicted molar refractivity (Wildman–Crippen MR) is 133 cm³/mol. The largest absolute Gasteiger partial charge is 0.497 e. The molecule has 36 heavy (non-hydrogen) atoms. The van der Waals surface area contributed by atoms with Crippen molar-refractivity contribution in [3.8, 4) is 40.1 Å². The lowest BCUT2D eigenvalue weighted by molar-refractivity contribution is 0.394. The summed E-state index contributed by atoms with van der Waals surface area (Å²) in [5.41, 5.74) is 1.46. The van der Waals surface area contributed by atoms with Crippen molar-refractivity contribution in [2.45, 2.75) is 6.54 Å². The molecule has 5 rings (SSSR count). The minimum absolute atomic E-state index is 0.132. The summed E-state index contributed by atoms with van der Waals surface area (Å²) < 4.78 is 22.4. The molecule has 3 aromatic carbocycles. The molecule has 0 atom stereocenters. The monoisotopic (exact) mass is 486 g/mol. The van der Waals surface area contributed by atoms with Crippen LogP contribution in [0.1, 0.15) is 5.56 Å². The Balaban J connectivity index is 1.48. The Kier molecular flexibility index (Phi) is 5.99. The summed E-state index contributed by atoms with van der Waals surface area (Å²) >= 11 is 0. The van der Waals surface area contributed by atoms with Crippen LogP contribution in [0.15, 0.2) is 74.8 Å². The van der Waals surface area contributed by atoms with Crippen LogP contribution in [0.4, 0.5) is 0 Å². The molecule has 182 valence electrons. The quantitative estimate of drug-likeness (QED) is 0.371. The molecule has 0 saturated carbocycles. The van der Waals surface area contributed by atoms with E-state index >= 15 is 0 Å². The Morgan fingerprint density at radius 1 is 0.833 bits per heavy atom. The molecule has 0 saturated heterocycles. The molecular weight excluding hydrogens is 464 g/mol. The lowest BCUT2D eigenvalue weighted by Gasteiger charge is -2.08. The highest BCUT2D eigenvalue weighted by molar-refractivity contribution is 5.82. The number of fused-ring (bicyclic) bond motifs is 1. The number of hydrogen-bond acceptors (Lipinski definition) is 8. The highest BCUT2D eigenvalue weighted by atomic mass is 16.5. The molecule has 0 spiro atoms. The standard InChI is InChI=1S/C26H22N4O6/c1-33-18-7-4-15(5-8-18)14-30-25(31)21-9-6-16(12-22(21)27-26(30)32)24-28-23(29-36-24)17-10-19(34-2)13-20(11-17)35-3/h4-13H,14H2,1-3H3,(H,27,32). The van der Waals surface area contributed by atoms with E-state index in [-0.39, 0.29) is 12.4 Å². The fourth-order valence-electron chi connectivity index (χ4n) is 3.84. The van der Waals surface area contributed by atoms with Gasteiger partial charge in [-0.25, -0.2) is 4.79 Å². The second-order valence-electron chi connectivity index (χ2n) is 7.95. The van der Waals surface area contributed by atoms with E-state index in [1.165, 1.54) is 0 Å². The average molecular weight is 486 g/mol. The van der Waals surface area contributed by atoms with E-state index in [0.717, 1.165) is 10.1 Å². The Hall–Kier alpha value is -4.86. The fourth-order valence-corrected chi connectivity index (χ4v) is 3.84. The molecule has 10 heteroatoms. The molecule has 1 N–H and O–H groups in total. The third-order valence-corrected chi connectivity index (χ3v) is 5.76. The number of rotatable bonds is 7. The number of nitrogens with zero attached hydrogens (tertiary/aromatic N) is 3. The van der Waals surface area contributed by atoms with Crippen molar-refractivity contribution < 1.29 is 18.7 Å². The van der Waals surface area contributed by atoms with Crippen molar-refractivity contribution in [1.82, 2.24) is 19.7 Å². The molecule has 0 aliphatic rings. The summed E-state index contributed by atoms with van der Waals surface area (Å²) in [6.45, 7) is 0.132. The van der Waals surface area contributed by atoms with Gasteiger partial charge < -0.3 is 23.7 Å². The van der Waals surface area contributed by atoms with Gasteiger partial charge in [-0.1, -0.05) is 17.3 Å². The molecule has 0 fully saturated rings. The number of H-pyrrole nitrogens is 1. The van der Waals surface area contributed by atoms with Crippen molar-refractivity contribution in [2.24, 2.45) is 0 Å². The van der Waals surface area contributed by atoms with E-state index in [2.05, 4.69) is 15.1 Å². The van der Waals surface area contributed by atoms with Gasteiger partial charge in [0.25, 0.3) is 11.4 Å². The molecule has 0 unspecified atom stereocenters. The van der Waals surface area contributed by atoms with Gasteiger partial charge in [-0.05, 0) is 48.0 Å². The lowest BCUT2D eigenvalue weighted by atomic mass is 10.1. The normalized spacial score (nSPS) is 11.0. The van der Waals surface area contributed by atoms with Gasteiger partial charge in [-0.15, -0.1) is 0 Å². The molecule has 0 amide bonds. The van der Waals surface area contributed by atoms with E-state index in [4.69, 9.17) is 18.7 Å². The summed E-state index contributed by atoms with van der Waals surface area (Å²) in [6, 6.07) is 17.4. The van der Waals surface area contributed by atoms with Crippen molar-refractivity contribution in [3.05, 3.63) is 87.1 Å². The van der Waals surface area contributed by atoms with E-state index in [1.807, 2.05) is 12.1 Å². The Morgan fingerprint density at radius 3 is 2.19 bits per heavy atom. The average Bonchev–Trinajstić information content (AvgIpc) is 3.41. The molecule has 10 nitrogen and oxygen atoms in total. The first-order chi connectivity index (χ1) is 17.5. The van der Waals surface area contributed by atoms with Crippen molar-refractivity contribution in [3.63, 3.8) is 0 Å². The molecule has 0 radical (unpaired) electrons. The number of ether oxygens (including phenoxy) is 3. The van der Waals surface area contributed by atoms with Crippen LogP contribution in [0.25, 0.3) is 33.7 Å². The van der Waals surface area contributed by atoms with E-state index < -0.39 is 11.2 Å². The number of methoxy groups -OCH3 is 3. The maximum Gasteiger partial charge on any atom is 0.329 e. The van der Waals surface area contributed by atoms with Crippen LogP contribution < -0.4 is 25.5 Å². The van der Waals surface area contributed by atoms with Crippen LogP contribution >= 0.6 is 0 Å². The van der Waals surface area contributed by atoms with E-state index in [1.54, 1.807) is 69.9 Å². The van der Waals surface area contributed by atoms with Gasteiger partial charge in [-0.2, -0.15) is 4.98 Å². The predicted octanol–water partition coefficient (Wildman–Crippen LogP) is 3.48. The van der Waals surface area contributed by atoms with Gasteiger partial charge in [0, 0.05) is 17.2 Å². The number of nitrogens with one attached hydrogen (secondary N) is 1. The van der Waals surface area contributed by atoms with Crippen LogP contribution in [0.5, 0.6) is 17.2 Å². The van der Waals surface area contributed by atoms with Gasteiger partial charge in [0.2, 0.25) is 5.82 Å². The second-order valence-corrected chi connectivity index (χ2v) is 7.95.